The molecule has 0 spiro atoms. The molecule has 1 aliphatic rings. The number of hydrogen-bond acceptors (Lipinski definition) is 2. The van der Waals surface area contributed by atoms with Gasteiger partial charge in [0.2, 0.25) is 0 Å². The van der Waals surface area contributed by atoms with Crippen molar-refractivity contribution in [3.05, 3.63) is 35.1 Å². The van der Waals surface area contributed by atoms with Gasteiger partial charge in [0.15, 0.2) is 0 Å². The lowest BCUT2D eigenvalue weighted by Crippen LogP contribution is -2.20. The Morgan fingerprint density at radius 1 is 1.33 bits per heavy atom. The van der Waals surface area contributed by atoms with Crippen LogP contribution in [0.4, 0.5) is 4.39 Å². The number of carboxylic acids is 1. The van der Waals surface area contributed by atoms with Crippen LogP contribution in [-0.2, 0) is 6.54 Å². The van der Waals surface area contributed by atoms with Crippen LogP contribution in [0.5, 0.6) is 0 Å². The number of rotatable bonds is 3. The average Bonchev–Trinajstić information content (AvgIpc) is 2.56. The molecule has 0 aliphatic carbocycles. The Morgan fingerprint density at radius 2 is 1.94 bits per heavy atom. The van der Waals surface area contributed by atoms with Crippen molar-refractivity contribution in [3.63, 3.8) is 0 Å². The molecule has 98 valence electrons. The number of carboxylic acid groups (broad SMARTS) is 1. The quantitative estimate of drug-likeness (QED) is 0.897. The lowest BCUT2D eigenvalue weighted by atomic mass is 10.0. The van der Waals surface area contributed by atoms with Gasteiger partial charge < -0.3 is 5.11 Å². The standard InChI is InChI=1S/C14H18FNO2/c1-9-6-16(7-10(9)2)8-11-3-12(14(17)18)5-13(15)4-11/h3-5,9-10H,6-8H2,1-2H3,(H,17,18). The number of hydrogen-bond donors (Lipinski definition) is 1. The fourth-order valence-electron chi connectivity index (χ4n) is 2.50. The molecule has 1 fully saturated rings. The molecule has 3 nitrogen and oxygen atoms in total. The molecule has 1 aliphatic heterocycles. The first kappa shape index (κ1) is 13.0. The molecule has 0 aromatic heterocycles. The van der Waals surface area contributed by atoms with Gasteiger partial charge in [0.25, 0.3) is 0 Å². The van der Waals surface area contributed by atoms with E-state index in [4.69, 9.17) is 5.11 Å². The van der Waals surface area contributed by atoms with Gasteiger partial charge in [0.05, 0.1) is 5.56 Å². The van der Waals surface area contributed by atoms with E-state index in [0.717, 1.165) is 24.7 Å². The Balaban J connectivity index is 2.12. The number of halogens is 1. The minimum absolute atomic E-state index is 0.0188. The lowest BCUT2D eigenvalue weighted by molar-refractivity contribution is 0.0696. The highest BCUT2D eigenvalue weighted by Gasteiger charge is 2.25. The van der Waals surface area contributed by atoms with Crippen molar-refractivity contribution in [1.82, 2.24) is 4.90 Å². The van der Waals surface area contributed by atoms with E-state index >= 15 is 0 Å². The van der Waals surface area contributed by atoms with E-state index in [2.05, 4.69) is 18.7 Å². The van der Waals surface area contributed by atoms with Crippen molar-refractivity contribution in [2.75, 3.05) is 13.1 Å². The first-order chi connectivity index (χ1) is 8.45. The molecule has 18 heavy (non-hydrogen) atoms. The predicted molar refractivity (Wildman–Crippen MR) is 67.0 cm³/mol. The van der Waals surface area contributed by atoms with E-state index in [1.807, 2.05) is 0 Å². The van der Waals surface area contributed by atoms with E-state index in [-0.39, 0.29) is 5.56 Å². The second-order valence-corrected chi connectivity index (χ2v) is 5.30. The molecule has 1 aromatic rings. The van der Waals surface area contributed by atoms with Crippen LogP contribution in [0.1, 0.15) is 29.8 Å². The smallest absolute Gasteiger partial charge is 0.335 e. The number of aromatic carboxylic acids is 1. The van der Waals surface area contributed by atoms with Gasteiger partial charge in [-0.25, -0.2) is 9.18 Å². The van der Waals surface area contributed by atoms with Crippen molar-refractivity contribution >= 4 is 5.97 Å². The summed E-state index contributed by atoms with van der Waals surface area (Å²) in [6, 6.07) is 4.03. The fraction of sp³-hybridized carbons (Fsp3) is 0.500. The van der Waals surface area contributed by atoms with Gasteiger partial charge in [-0.15, -0.1) is 0 Å². The van der Waals surface area contributed by atoms with Crippen LogP contribution in [-0.4, -0.2) is 29.1 Å². The maximum Gasteiger partial charge on any atom is 0.335 e. The van der Waals surface area contributed by atoms with Crippen LogP contribution >= 0.6 is 0 Å². The molecule has 0 saturated carbocycles. The normalized spacial score (nSPS) is 24.4. The first-order valence-corrected chi connectivity index (χ1v) is 6.21. The van der Waals surface area contributed by atoms with Gasteiger partial charge in [-0.3, -0.25) is 4.90 Å². The Hall–Kier alpha value is -1.42. The zero-order valence-corrected chi connectivity index (χ0v) is 10.7. The molecular weight excluding hydrogens is 233 g/mol. The summed E-state index contributed by atoms with van der Waals surface area (Å²) in [6.07, 6.45) is 0. The lowest BCUT2D eigenvalue weighted by Gasteiger charge is -2.15. The third kappa shape index (κ3) is 2.88. The largest absolute Gasteiger partial charge is 0.478 e. The van der Waals surface area contributed by atoms with Gasteiger partial charge >= 0.3 is 5.97 Å². The minimum Gasteiger partial charge on any atom is -0.478 e. The Morgan fingerprint density at radius 3 is 2.50 bits per heavy atom. The van der Waals surface area contributed by atoms with Crippen LogP contribution in [0, 0.1) is 17.7 Å². The minimum atomic E-state index is -1.08. The molecule has 0 amide bonds. The number of likely N-dealkylation sites (tertiary alicyclic amines) is 1. The maximum absolute atomic E-state index is 13.3. The summed E-state index contributed by atoms with van der Waals surface area (Å²) >= 11 is 0. The second kappa shape index (κ2) is 5.06. The third-order valence-corrected chi connectivity index (χ3v) is 3.67. The van der Waals surface area contributed by atoms with Crippen LogP contribution in [0.3, 0.4) is 0 Å². The summed E-state index contributed by atoms with van der Waals surface area (Å²) in [6.45, 7) is 7.00. The molecule has 2 unspecified atom stereocenters. The summed E-state index contributed by atoms with van der Waals surface area (Å²) in [5.74, 6) is -0.292. The Kier molecular flexibility index (Phi) is 3.66. The molecule has 0 bridgehead atoms. The molecule has 1 aromatic carbocycles. The zero-order valence-electron chi connectivity index (χ0n) is 10.7. The summed E-state index contributed by atoms with van der Waals surface area (Å²) in [4.78, 5) is 13.1. The molecule has 0 radical (unpaired) electrons. The van der Waals surface area contributed by atoms with E-state index in [0.29, 0.717) is 18.4 Å². The van der Waals surface area contributed by atoms with Crippen molar-refractivity contribution in [3.8, 4) is 0 Å². The Bertz CT molecular complexity index is 451. The van der Waals surface area contributed by atoms with Crippen LogP contribution in [0.15, 0.2) is 18.2 Å². The highest BCUT2D eigenvalue weighted by molar-refractivity contribution is 5.87. The van der Waals surface area contributed by atoms with Crippen molar-refractivity contribution in [1.29, 1.82) is 0 Å². The monoisotopic (exact) mass is 251 g/mol. The topological polar surface area (TPSA) is 40.5 Å². The van der Waals surface area contributed by atoms with E-state index in [9.17, 15) is 9.18 Å². The molecule has 2 rings (SSSR count). The van der Waals surface area contributed by atoms with Crippen molar-refractivity contribution in [2.24, 2.45) is 11.8 Å². The van der Waals surface area contributed by atoms with Gasteiger partial charge in [0.1, 0.15) is 5.82 Å². The van der Waals surface area contributed by atoms with Crippen molar-refractivity contribution < 1.29 is 14.3 Å². The summed E-state index contributed by atoms with van der Waals surface area (Å²) in [7, 11) is 0. The number of nitrogens with zero attached hydrogens (tertiary/aromatic N) is 1. The molecule has 4 heteroatoms. The molecule has 2 atom stereocenters. The second-order valence-electron chi connectivity index (χ2n) is 5.30. The summed E-state index contributed by atoms with van der Waals surface area (Å²) < 4.78 is 13.3. The molecule has 1 heterocycles. The van der Waals surface area contributed by atoms with Gasteiger partial charge in [0, 0.05) is 19.6 Å². The fourth-order valence-corrected chi connectivity index (χ4v) is 2.50. The van der Waals surface area contributed by atoms with Gasteiger partial charge in [-0.2, -0.15) is 0 Å². The zero-order chi connectivity index (χ0) is 13.3. The molecule has 1 N–H and O–H groups in total. The van der Waals surface area contributed by atoms with E-state index in [1.165, 1.54) is 6.07 Å². The predicted octanol–water partition coefficient (Wildman–Crippen LogP) is 2.61. The first-order valence-electron chi connectivity index (χ1n) is 6.21. The Labute approximate surface area is 106 Å². The van der Waals surface area contributed by atoms with Gasteiger partial charge in [-0.05, 0) is 35.6 Å². The third-order valence-electron chi connectivity index (χ3n) is 3.67. The molecular formula is C14H18FNO2. The average molecular weight is 251 g/mol. The van der Waals surface area contributed by atoms with Crippen LogP contribution < -0.4 is 0 Å². The highest BCUT2D eigenvalue weighted by Crippen LogP contribution is 2.24. The highest BCUT2D eigenvalue weighted by atomic mass is 19.1. The van der Waals surface area contributed by atoms with E-state index < -0.39 is 11.8 Å². The molecule has 1 saturated heterocycles. The van der Waals surface area contributed by atoms with Gasteiger partial charge in [-0.1, -0.05) is 13.8 Å². The summed E-state index contributed by atoms with van der Waals surface area (Å²) in [5.41, 5.74) is 0.749. The SMILES string of the molecule is CC1CN(Cc2cc(F)cc(C(=O)O)c2)CC1C. The van der Waals surface area contributed by atoms with E-state index in [1.54, 1.807) is 6.07 Å². The maximum atomic E-state index is 13.3. The van der Waals surface area contributed by atoms with Crippen LogP contribution in [0.25, 0.3) is 0 Å². The van der Waals surface area contributed by atoms with Crippen LogP contribution in [0.2, 0.25) is 0 Å². The number of benzene rings is 1. The summed E-state index contributed by atoms with van der Waals surface area (Å²) in [5, 5.41) is 8.90. The van der Waals surface area contributed by atoms with Crippen molar-refractivity contribution in [2.45, 2.75) is 20.4 Å². The number of carbonyl (C=O) groups is 1.